The quantitative estimate of drug-likeness (QED) is 0.768. The Morgan fingerprint density at radius 3 is 2.42 bits per heavy atom. The topological polar surface area (TPSA) is 101 Å². The average molecular weight is 355 g/mol. The molecule has 3 rings (SSSR count). The summed E-state index contributed by atoms with van der Waals surface area (Å²) >= 11 is 0. The van der Waals surface area contributed by atoms with Crippen LogP contribution in [0.1, 0.15) is 34.1 Å². The summed E-state index contributed by atoms with van der Waals surface area (Å²) in [5, 5.41) is 5.37. The molecule has 1 aliphatic carbocycles. The first-order valence-electron chi connectivity index (χ1n) is 8.17. The molecule has 0 aliphatic heterocycles. The van der Waals surface area contributed by atoms with Gasteiger partial charge in [-0.2, -0.15) is 0 Å². The van der Waals surface area contributed by atoms with Gasteiger partial charge in [-0.25, -0.2) is 4.39 Å². The zero-order valence-corrected chi connectivity index (χ0v) is 14.1. The monoisotopic (exact) mass is 355 g/mol. The van der Waals surface area contributed by atoms with E-state index in [0.717, 1.165) is 12.5 Å². The Labute approximate surface area is 149 Å². The third-order valence-corrected chi connectivity index (χ3v) is 4.33. The highest BCUT2D eigenvalue weighted by Gasteiger charge is 2.39. The molecule has 2 aromatic carbocycles. The van der Waals surface area contributed by atoms with Crippen LogP contribution >= 0.6 is 0 Å². The number of nitrogens with one attached hydrogen (secondary N) is 2. The summed E-state index contributed by atoms with van der Waals surface area (Å²) in [5.41, 5.74) is 5.88. The second-order valence-corrected chi connectivity index (χ2v) is 6.40. The van der Waals surface area contributed by atoms with E-state index in [2.05, 4.69) is 10.6 Å². The lowest BCUT2D eigenvalue weighted by Gasteiger charge is -2.09. The molecule has 2 unspecified atom stereocenters. The van der Waals surface area contributed by atoms with Crippen molar-refractivity contribution in [3.8, 4) is 0 Å². The molecular weight excluding hydrogens is 337 g/mol. The fraction of sp³-hybridized carbons (Fsp3) is 0.211. The van der Waals surface area contributed by atoms with Crippen molar-refractivity contribution in [3.63, 3.8) is 0 Å². The van der Waals surface area contributed by atoms with Gasteiger partial charge in [-0.1, -0.05) is 13.0 Å². The van der Waals surface area contributed by atoms with E-state index in [0.29, 0.717) is 17.2 Å². The van der Waals surface area contributed by atoms with Crippen molar-refractivity contribution in [2.75, 3.05) is 10.6 Å². The van der Waals surface area contributed by atoms with Crippen molar-refractivity contribution in [2.45, 2.75) is 13.3 Å². The normalized spacial score (nSPS) is 18.1. The van der Waals surface area contributed by atoms with Crippen molar-refractivity contribution < 1.29 is 18.8 Å². The van der Waals surface area contributed by atoms with E-state index in [1.54, 1.807) is 24.3 Å². The van der Waals surface area contributed by atoms with Gasteiger partial charge in [-0.05, 0) is 48.7 Å². The van der Waals surface area contributed by atoms with Gasteiger partial charge in [0, 0.05) is 22.9 Å². The molecule has 0 aromatic heterocycles. The first kappa shape index (κ1) is 17.6. The fourth-order valence-corrected chi connectivity index (χ4v) is 2.66. The molecule has 0 heterocycles. The smallest absolute Gasteiger partial charge is 0.255 e. The van der Waals surface area contributed by atoms with Crippen LogP contribution in [0.2, 0.25) is 0 Å². The van der Waals surface area contributed by atoms with Gasteiger partial charge in [0.15, 0.2) is 0 Å². The molecule has 0 bridgehead atoms. The number of anilines is 2. The maximum Gasteiger partial charge on any atom is 0.255 e. The predicted octanol–water partition coefficient (Wildman–Crippen LogP) is 2.77. The van der Waals surface area contributed by atoms with Crippen LogP contribution in [0, 0.1) is 17.7 Å². The number of hydrogen-bond donors (Lipinski definition) is 3. The minimum absolute atomic E-state index is 0.0268. The largest absolute Gasteiger partial charge is 0.366 e. The summed E-state index contributed by atoms with van der Waals surface area (Å²) in [6.07, 6.45) is 0.874. The number of amides is 3. The van der Waals surface area contributed by atoms with Crippen LogP contribution in [0.3, 0.4) is 0 Å². The number of halogens is 1. The van der Waals surface area contributed by atoms with Gasteiger partial charge < -0.3 is 16.4 Å². The minimum Gasteiger partial charge on any atom is -0.366 e. The molecule has 26 heavy (non-hydrogen) atoms. The summed E-state index contributed by atoms with van der Waals surface area (Å²) < 4.78 is 13.5. The van der Waals surface area contributed by atoms with Crippen LogP contribution in [0.25, 0.3) is 0 Å². The number of carbonyl (C=O) groups excluding carboxylic acids is 3. The van der Waals surface area contributed by atoms with E-state index in [1.807, 2.05) is 6.92 Å². The molecular formula is C19H18FN3O3. The Balaban J connectivity index is 1.72. The molecule has 3 amide bonds. The van der Waals surface area contributed by atoms with Crippen LogP contribution < -0.4 is 16.4 Å². The van der Waals surface area contributed by atoms with Gasteiger partial charge in [0.05, 0.1) is 5.56 Å². The highest BCUT2D eigenvalue weighted by atomic mass is 19.1. The second kappa shape index (κ2) is 6.95. The minimum atomic E-state index is -0.919. The Hall–Kier alpha value is -3.22. The van der Waals surface area contributed by atoms with Gasteiger partial charge in [-0.3, -0.25) is 14.4 Å². The number of hydrogen-bond acceptors (Lipinski definition) is 3. The van der Waals surface area contributed by atoms with E-state index in [1.165, 1.54) is 12.1 Å². The summed E-state index contributed by atoms with van der Waals surface area (Å²) in [6, 6.07) is 10.1. The molecule has 1 aliphatic rings. The molecule has 1 fully saturated rings. The van der Waals surface area contributed by atoms with Crippen molar-refractivity contribution in [3.05, 3.63) is 59.4 Å². The molecule has 134 valence electrons. The van der Waals surface area contributed by atoms with Crippen LogP contribution in [0.5, 0.6) is 0 Å². The van der Waals surface area contributed by atoms with E-state index in [9.17, 15) is 18.8 Å². The van der Waals surface area contributed by atoms with Crippen molar-refractivity contribution in [1.82, 2.24) is 0 Å². The van der Waals surface area contributed by atoms with E-state index < -0.39 is 17.6 Å². The molecule has 0 spiro atoms. The summed E-state index contributed by atoms with van der Waals surface area (Å²) in [4.78, 5) is 35.6. The zero-order chi connectivity index (χ0) is 18.8. The van der Waals surface area contributed by atoms with E-state index >= 15 is 0 Å². The Bertz CT molecular complexity index is 897. The Morgan fingerprint density at radius 2 is 1.77 bits per heavy atom. The molecule has 6 nitrogen and oxygen atoms in total. The summed E-state index contributed by atoms with van der Waals surface area (Å²) in [7, 11) is 0. The third kappa shape index (κ3) is 3.88. The van der Waals surface area contributed by atoms with E-state index in [4.69, 9.17) is 5.73 Å². The van der Waals surface area contributed by atoms with Crippen molar-refractivity contribution in [2.24, 2.45) is 17.6 Å². The van der Waals surface area contributed by atoms with Crippen LogP contribution in [0.15, 0.2) is 42.5 Å². The van der Waals surface area contributed by atoms with Gasteiger partial charge in [0.2, 0.25) is 5.91 Å². The van der Waals surface area contributed by atoms with Crippen molar-refractivity contribution in [1.29, 1.82) is 0 Å². The van der Waals surface area contributed by atoms with Crippen LogP contribution in [-0.2, 0) is 4.79 Å². The number of rotatable bonds is 5. The molecule has 1 saturated carbocycles. The second-order valence-electron chi connectivity index (χ2n) is 6.40. The third-order valence-electron chi connectivity index (χ3n) is 4.33. The Morgan fingerprint density at radius 1 is 1.08 bits per heavy atom. The molecule has 0 saturated heterocycles. The summed E-state index contributed by atoms with van der Waals surface area (Å²) in [6.45, 7) is 2.01. The number of carbonyl (C=O) groups is 3. The highest BCUT2D eigenvalue weighted by Crippen LogP contribution is 2.38. The SMILES string of the molecule is CC1CC1C(=O)Nc1cccc(C(=O)Nc2ccc(F)c(C(N)=O)c2)c1. The lowest BCUT2D eigenvalue weighted by molar-refractivity contribution is -0.117. The van der Waals surface area contributed by atoms with E-state index in [-0.39, 0.29) is 23.1 Å². The standard InChI is InChI=1S/C19H18FN3O3/c1-10-7-14(10)19(26)23-12-4-2-3-11(8-12)18(25)22-13-5-6-16(20)15(9-13)17(21)24/h2-6,8-10,14H,7H2,1H3,(H2,21,24)(H,22,25)(H,23,26). The maximum atomic E-state index is 13.5. The first-order valence-corrected chi connectivity index (χ1v) is 8.17. The number of primary amides is 1. The maximum absolute atomic E-state index is 13.5. The molecule has 4 N–H and O–H groups in total. The van der Waals surface area contributed by atoms with Crippen LogP contribution in [-0.4, -0.2) is 17.7 Å². The molecule has 7 heteroatoms. The zero-order valence-electron chi connectivity index (χ0n) is 14.1. The number of benzene rings is 2. The fourth-order valence-electron chi connectivity index (χ4n) is 2.66. The Kier molecular flexibility index (Phi) is 4.71. The molecule has 0 radical (unpaired) electrons. The lowest BCUT2D eigenvalue weighted by atomic mass is 10.1. The first-order chi connectivity index (χ1) is 12.3. The molecule has 2 atom stereocenters. The van der Waals surface area contributed by atoms with Gasteiger partial charge in [-0.15, -0.1) is 0 Å². The van der Waals surface area contributed by atoms with Crippen LogP contribution in [0.4, 0.5) is 15.8 Å². The average Bonchev–Trinajstić information content (AvgIpc) is 3.33. The van der Waals surface area contributed by atoms with Gasteiger partial charge >= 0.3 is 0 Å². The lowest BCUT2D eigenvalue weighted by Crippen LogP contribution is -2.17. The molecule has 2 aromatic rings. The van der Waals surface area contributed by atoms with Crippen molar-refractivity contribution >= 4 is 29.1 Å². The highest BCUT2D eigenvalue weighted by molar-refractivity contribution is 6.06. The number of nitrogens with two attached hydrogens (primary N) is 1. The van der Waals surface area contributed by atoms with Gasteiger partial charge in [0.1, 0.15) is 5.82 Å². The van der Waals surface area contributed by atoms with Gasteiger partial charge in [0.25, 0.3) is 11.8 Å². The predicted molar refractivity (Wildman–Crippen MR) is 95.2 cm³/mol. The summed E-state index contributed by atoms with van der Waals surface area (Å²) in [5.74, 6) is -1.77.